The third-order valence-electron chi connectivity index (χ3n) is 3.55. The summed E-state index contributed by atoms with van der Waals surface area (Å²) in [6.45, 7) is 3.61. The minimum absolute atomic E-state index is 0.228. The van der Waals surface area contributed by atoms with E-state index >= 15 is 0 Å². The first kappa shape index (κ1) is 9.32. The second-order valence-corrected chi connectivity index (χ2v) is 4.93. The molecule has 0 radical (unpaired) electrons. The highest BCUT2D eigenvalue weighted by Gasteiger charge is 2.48. The molecule has 1 saturated carbocycles. The van der Waals surface area contributed by atoms with E-state index in [-0.39, 0.29) is 5.91 Å². The first-order valence-corrected chi connectivity index (χ1v) is 5.50. The Labute approximate surface area is 84.2 Å². The van der Waals surface area contributed by atoms with E-state index in [0.717, 1.165) is 19.0 Å². The van der Waals surface area contributed by atoms with E-state index in [0.29, 0.717) is 11.3 Å². The van der Waals surface area contributed by atoms with Crippen LogP contribution in [-0.4, -0.2) is 29.8 Å². The Morgan fingerprint density at radius 2 is 2.31 bits per heavy atom. The van der Waals surface area contributed by atoms with Crippen molar-refractivity contribution in [1.82, 2.24) is 4.90 Å². The minimum Gasteiger partial charge on any atom is -0.342 e. The molecule has 0 bridgehead atoms. The number of likely N-dealkylation sites (tertiary alicyclic amines) is 1. The summed E-state index contributed by atoms with van der Waals surface area (Å²) in [5.41, 5.74) is 0.464. The predicted molar refractivity (Wildman–Crippen MR) is 52.7 cm³/mol. The summed E-state index contributed by atoms with van der Waals surface area (Å²) in [5, 5.41) is 0. The fourth-order valence-electron chi connectivity index (χ4n) is 2.81. The maximum Gasteiger partial charge on any atom is 0.219 e. The minimum atomic E-state index is 0.228. The van der Waals surface area contributed by atoms with E-state index in [9.17, 15) is 4.79 Å². The number of rotatable bonds is 1. The fourth-order valence-corrected chi connectivity index (χ4v) is 3.03. The molecule has 0 N–H and O–H groups in total. The Bertz CT molecular complexity index is 223. The van der Waals surface area contributed by atoms with Crippen molar-refractivity contribution in [3.05, 3.63) is 0 Å². The topological polar surface area (TPSA) is 20.3 Å². The zero-order chi connectivity index (χ0) is 9.47. The van der Waals surface area contributed by atoms with Crippen LogP contribution in [0.5, 0.6) is 0 Å². The lowest BCUT2D eigenvalue weighted by Crippen LogP contribution is -2.41. The van der Waals surface area contributed by atoms with Crippen LogP contribution in [0.2, 0.25) is 0 Å². The summed E-state index contributed by atoms with van der Waals surface area (Å²) >= 11 is 5.78. The predicted octanol–water partition coefficient (Wildman–Crippen LogP) is 1.87. The van der Waals surface area contributed by atoms with Crippen molar-refractivity contribution in [2.75, 3.05) is 19.0 Å². The first-order valence-electron chi connectivity index (χ1n) is 4.97. The fraction of sp³-hybridized carbons (Fsp3) is 0.900. The average molecular weight is 202 g/mol. The van der Waals surface area contributed by atoms with Crippen molar-refractivity contribution in [2.24, 2.45) is 11.3 Å². The Hall–Kier alpha value is -0.240. The van der Waals surface area contributed by atoms with Crippen molar-refractivity contribution in [1.29, 1.82) is 0 Å². The molecule has 1 amide bonds. The van der Waals surface area contributed by atoms with Crippen molar-refractivity contribution in [3.8, 4) is 0 Å². The highest BCUT2D eigenvalue weighted by atomic mass is 35.5. The van der Waals surface area contributed by atoms with E-state index in [1.807, 2.05) is 4.90 Å². The largest absolute Gasteiger partial charge is 0.342 e. The van der Waals surface area contributed by atoms with Gasteiger partial charge in [-0.15, -0.1) is 11.6 Å². The average Bonchev–Trinajstić information content (AvgIpc) is 2.45. The molecule has 13 heavy (non-hydrogen) atoms. The molecule has 1 heterocycles. The van der Waals surface area contributed by atoms with Crippen molar-refractivity contribution >= 4 is 17.5 Å². The molecule has 1 aliphatic heterocycles. The SMILES string of the molecule is CC(=O)N1CCC2(CC(CCl)C2)C1. The molecule has 74 valence electrons. The van der Waals surface area contributed by atoms with E-state index in [2.05, 4.69) is 0 Å². The van der Waals surface area contributed by atoms with Gasteiger partial charge in [0.25, 0.3) is 0 Å². The zero-order valence-electron chi connectivity index (χ0n) is 8.05. The zero-order valence-corrected chi connectivity index (χ0v) is 8.81. The van der Waals surface area contributed by atoms with Crippen LogP contribution in [0.25, 0.3) is 0 Å². The molecule has 2 aliphatic rings. The van der Waals surface area contributed by atoms with Crippen LogP contribution in [0.4, 0.5) is 0 Å². The van der Waals surface area contributed by atoms with Crippen LogP contribution in [0.1, 0.15) is 26.2 Å². The second-order valence-electron chi connectivity index (χ2n) is 4.62. The van der Waals surface area contributed by atoms with E-state index in [1.54, 1.807) is 6.92 Å². The molecule has 1 saturated heterocycles. The molecule has 0 aromatic carbocycles. The number of nitrogens with zero attached hydrogens (tertiary/aromatic N) is 1. The van der Waals surface area contributed by atoms with Gasteiger partial charge in [-0.1, -0.05) is 0 Å². The third-order valence-corrected chi connectivity index (χ3v) is 3.98. The van der Waals surface area contributed by atoms with Crippen LogP contribution < -0.4 is 0 Å². The van der Waals surface area contributed by atoms with Crippen molar-refractivity contribution in [2.45, 2.75) is 26.2 Å². The molecular formula is C10H16ClNO. The lowest BCUT2D eigenvalue weighted by Gasteiger charge is -2.44. The van der Waals surface area contributed by atoms with Crippen molar-refractivity contribution in [3.63, 3.8) is 0 Å². The summed E-state index contributed by atoms with van der Waals surface area (Å²) in [6.07, 6.45) is 3.67. The molecule has 1 spiro atoms. The highest BCUT2D eigenvalue weighted by molar-refractivity contribution is 6.18. The maximum absolute atomic E-state index is 11.1. The Balaban J connectivity index is 1.89. The lowest BCUT2D eigenvalue weighted by molar-refractivity contribution is -0.128. The quantitative estimate of drug-likeness (QED) is 0.594. The molecule has 2 fully saturated rings. The number of alkyl halides is 1. The summed E-state index contributed by atoms with van der Waals surface area (Å²) in [5.74, 6) is 1.74. The summed E-state index contributed by atoms with van der Waals surface area (Å²) in [4.78, 5) is 13.1. The Morgan fingerprint density at radius 1 is 1.62 bits per heavy atom. The number of hydrogen-bond acceptors (Lipinski definition) is 1. The summed E-state index contributed by atoms with van der Waals surface area (Å²) < 4.78 is 0. The number of hydrogen-bond donors (Lipinski definition) is 0. The van der Waals surface area contributed by atoms with Crippen LogP contribution in [0, 0.1) is 11.3 Å². The van der Waals surface area contributed by atoms with Crippen LogP contribution >= 0.6 is 11.6 Å². The Morgan fingerprint density at radius 3 is 2.77 bits per heavy atom. The van der Waals surface area contributed by atoms with Gasteiger partial charge in [0.05, 0.1) is 0 Å². The third kappa shape index (κ3) is 1.56. The van der Waals surface area contributed by atoms with E-state index < -0.39 is 0 Å². The van der Waals surface area contributed by atoms with Crippen LogP contribution in [-0.2, 0) is 4.79 Å². The second kappa shape index (κ2) is 3.16. The molecule has 0 aromatic heterocycles. The smallest absolute Gasteiger partial charge is 0.219 e. The van der Waals surface area contributed by atoms with Gasteiger partial charge in [0.2, 0.25) is 5.91 Å². The van der Waals surface area contributed by atoms with Gasteiger partial charge in [0.1, 0.15) is 0 Å². The van der Waals surface area contributed by atoms with Gasteiger partial charge in [-0.05, 0) is 30.6 Å². The van der Waals surface area contributed by atoms with Gasteiger partial charge in [-0.3, -0.25) is 4.79 Å². The highest BCUT2D eigenvalue weighted by Crippen LogP contribution is 2.51. The van der Waals surface area contributed by atoms with Gasteiger partial charge < -0.3 is 4.90 Å². The van der Waals surface area contributed by atoms with Gasteiger partial charge >= 0.3 is 0 Å². The number of carbonyl (C=O) groups is 1. The molecule has 0 aromatic rings. The normalized spacial score (nSPS) is 38.0. The Kier molecular flexibility index (Phi) is 2.26. The summed E-state index contributed by atoms with van der Waals surface area (Å²) in [7, 11) is 0. The molecule has 2 nitrogen and oxygen atoms in total. The van der Waals surface area contributed by atoms with Crippen LogP contribution in [0.3, 0.4) is 0 Å². The maximum atomic E-state index is 11.1. The number of carbonyl (C=O) groups excluding carboxylic acids is 1. The van der Waals surface area contributed by atoms with Gasteiger partial charge in [-0.2, -0.15) is 0 Å². The molecule has 0 atom stereocenters. The van der Waals surface area contributed by atoms with Gasteiger partial charge in [-0.25, -0.2) is 0 Å². The van der Waals surface area contributed by atoms with Crippen LogP contribution in [0.15, 0.2) is 0 Å². The standard InChI is InChI=1S/C10H16ClNO/c1-8(13)12-3-2-10(7-12)4-9(5-10)6-11/h9H,2-7H2,1H3. The number of amides is 1. The van der Waals surface area contributed by atoms with E-state index in [1.165, 1.54) is 19.3 Å². The number of halogens is 1. The molecule has 2 rings (SSSR count). The first-order chi connectivity index (χ1) is 6.15. The van der Waals surface area contributed by atoms with Gasteiger partial charge in [0.15, 0.2) is 0 Å². The lowest BCUT2D eigenvalue weighted by atomic mass is 9.62. The molecular weight excluding hydrogens is 186 g/mol. The monoisotopic (exact) mass is 201 g/mol. The van der Waals surface area contributed by atoms with Gasteiger partial charge in [0, 0.05) is 25.9 Å². The summed E-state index contributed by atoms with van der Waals surface area (Å²) in [6, 6.07) is 0. The molecule has 1 aliphatic carbocycles. The molecule has 0 unspecified atom stereocenters. The molecule has 3 heteroatoms. The van der Waals surface area contributed by atoms with Crippen molar-refractivity contribution < 1.29 is 4.79 Å². The van der Waals surface area contributed by atoms with E-state index in [4.69, 9.17) is 11.6 Å².